The first-order chi connectivity index (χ1) is 11.3. The van der Waals surface area contributed by atoms with E-state index in [1.165, 1.54) is 30.2 Å². The summed E-state index contributed by atoms with van der Waals surface area (Å²) in [7, 11) is 0. The van der Waals surface area contributed by atoms with E-state index < -0.39 is 0 Å². The fourth-order valence-electron chi connectivity index (χ4n) is 3.93. The summed E-state index contributed by atoms with van der Waals surface area (Å²) < 4.78 is 4.80. The third-order valence-corrected chi connectivity index (χ3v) is 5.05. The van der Waals surface area contributed by atoms with Crippen molar-refractivity contribution in [2.75, 3.05) is 13.1 Å². The maximum atomic E-state index is 12.5. The summed E-state index contributed by atoms with van der Waals surface area (Å²) in [5, 5.41) is 6.96. The standard InChI is InChI=1S/C18H21N3O2/c22-18(15-9-12-23-20-15)19-17-14-6-2-1-5-13(14)7-8-16(17)21-10-3-4-11-21/h1-2,5-6,9,12,16-17H,3-4,7-8,10-11H2,(H,19,22)/t16-,17-/m0/s1. The van der Waals surface area contributed by atoms with Crippen molar-refractivity contribution >= 4 is 5.91 Å². The molecule has 1 aliphatic carbocycles. The number of carbonyl (C=O) groups is 1. The minimum absolute atomic E-state index is 0.0160. The van der Waals surface area contributed by atoms with Gasteiger partial charge < -0.3 is 9.84 Å². The van der Waals surface area contributed by atoms with Crippen molar-refractivity contribution < 1.29 is 9.32 Å². The van der Waals surface area contributed by atoms with Crippen LogP contribution in [0.2, 0.25) is 0 Å². The molecule has 0 unspecified atom stereocenters. The molecule has 1 aromatic heterocycles. The second kappa shape index (κ2) is 6.16. The van der Waals surface area contributed by atoms with E-state index >= 15 is 0 Å². The summed E-state index contributed by atoms with van der Waals surface area (Å²) in [5.41, 5.74) is 2.93. The second-order valence-electron chi connectivity index (χ2n) is 6.38. The molecule has 5 heteroatoms. The average molecular weight is 311 g/mol. The summed E-state index contributed by atoms with van der Waals surface area (Å²) in [6.45, 7) is 2.26. The van der Waals surface area contributed by atoms with Crippen molar-refractivity contribution in [3.8, 4) is 0 Å². The first-order valence-corrected chi connectivity index (χ1v) is 8.36. The highest BCUT2D eigenvalue weighted by molar-refractivity contribution is 5.92. The molecule has 0 radical (unpaired) electrons. The van der Waals surface area contributed by atoms with Gasteiger partial charge in [0.05, 0.1) is 6.04 Å². The van der Waals surface area contributed by atoms with E-state index in [1.54, 1.807) is 6.07 Å². The fourth-order valence-corrected chi connectivity index (χ4v) is 3.93. The number of carbonyl (C=O) groups excluding carboxylic acids is 1. The van der Waals surface area contributed by atoms with Crippen LogP contribution in [0.15, 0.2) is 41.1 Å². The molecule has 120 valence electrons. The molecule has 2 aromatic rings. The van der Waals surface area contributed by atoms with Crippen LogP contribution in [-0.2, 0) is 6.42 Å². The maximum absolute atomic E-state index is 12.5. The lowest BCUT2D eigenvalue weighted by molar-refractivity contribution is 0.0877. The molecule has 23 heavy (non-hydrogen) atoms. The van der Waals surface area contributed by atoms with Crippen LogP contribution in [0.5, 0.6) is 0 Å². The van der Waals surface area contributed by atoms with Crippen LogP contribution in [0.1, 0.15) is 46.9 Å². The molecular formula is C18H21N3O2. The Labute approximate surface area is 135 Å². The predicted molar refractivity (Wildman–Crippen MR) is 86.1 cm³/mol. The van der Waals surface area contributed by atoms with E-state index in [9.17, 15) is 4.79 Å². The Hall–Kier alpha value is -2.14. The topological polar surface area (TPSA) is 58.4 Å². The largest absolute Gasteiger partial charge is 0.364 e. The van der Waals surface area contributed by atoms with Gasteiger partial charge in [-0.25, -0.2) is 0 Å². The number of aromatic nitrogens is 1. The predicted octanol–water partition coefficient (Wildman–Crippen LogP) is 2.56. The van der Waals surface area contributed by atoms with Gasteiger partial charge >= 0.3 is 0 Å². The van der Waals surface area contributed by atoms with Gasteiger partial charge in [-0.05, 0) is 49.9 Å². The number of nitrogens with zero attached hydrogens (tertiary/aromatic N) is 2. The van der Waals surface area contributed by atoms with Gasteiger partial charge in [0.25, 0.3) is 5.91 Å². The molecule has 0 bridgehead atoms. The average Bonchev–Trinajstić information content (AvgIpc) is 3.29. The van der Waals surface area contributed by atoms with Crippen molar-refractivity contribution in [2.45, 2.75) is 37.8 Å². The summed E-state index contributed by atoms with van der Waals surface area (Å²) in [6, 6.07) is 10.4. The van der Waals surface area contributed by atoms with Crippen molar-refractivity contribution in [3.05, 3.63) is 53.4 Å². The van der Waals surface area contributed by atoms with Gasteiger partial charge in [0.2, 0.25) is 0 Å². The first-order valence-electron chi connectivity index (χ1n) is 8.36. The summed E-state index contributed by atoms with van der Waals surface area (Å²) in [6.07, 6.45) is 6.10. The van der Waals surface area contributed by atoms with Crippen LogP contribution in [-0.4, -0.2) is 35.1 Å². The smallest absolute Gasteiger partial charge is 0.273 e. The summed E-state index contributed by atoms with van der Waals surface area (Å²) >= 11 is 0. The maximum Gasteiger partial charge on any atom is 0.273 e. The number of aryl methyl sites for hydroxylation is 1. The lowest BCUT2D eigenvalue weighted by Crippen LogP contribution is -2.47. The van der Waals surface area contributed by atoms with E-state index in [2.05, 4.69) is 39.6 Å². The third kappa shape index (κ3) is 2.77. The number of likely N-dealkylation sites (tertiary alicyclic amines) is 1. The summed E-state index contributed by atoms with van der Waals surface area (Å²) in [5.74, 6) is -0.162. The van der Waals surface area contributed by atoms with Gasteiger partial charge in [-0.2, -0.15) is 0 Å². The van der Waals surface area contributed by atoms with Crippen molar-refractivity contribution in [2.24, 2.45) is 0 Å². The van der Waals surface area contributed by atoms with E-state index in [0.717, 1.165) is 25.9 Å². The van der Waals surface area contributed by atoms with Gasteiger partial charge in [0.15, 0.2) is 5.69 Å². The molecule has 2 atom stereocenters. The highest BCUT2D eigenvalue weighted by Gasteiger charge is 2.35. The van der Waals surface area contributed by atoms with Crippen LogP contribution in [0.4, 0.5) is 0 Å². The van der Waals surface area contributed by atoms with Crippen LogP contribution < -0.4 is 5.32 Å². The minimum atomic E-state index is -0.162. The Balaban J connectivity index is 1.64. The molecule has 1 aromatic carbocycles. The third-order valence-electron chi connectivity index (χ3n) is 5.05. The van der Waals surface area contributed by atoms with Gasteiger partial charge in [-0.1, -0.05) is 29.4 Å². The molecule has 1 saturated heterocycles. The quantitative estimate of drug-likeness (QED) is 0.946. The number of nitrogens with one attached hydrogen (secondary N) is 1. The molecule has 1 amide bonds. The molecule has 0 saturated carbocycles. The Morgan fingerprint density at radius 1 is 1.22 bits per heavy atom. The molecule has 0 spiro atoms. The minimum Gasteiger partial charge on any atom is -0.364 e. The van der Waals surface area contributed by atoms with Gasteiger partial charge in [0, 0.05) is 12.1 Å². The normalized spacial score (nSPS) is 24.3. The van der Waals surface area contributed by atoms with Crippen LogP contribution in [0.25, 0.3) is 0 Å². The Morgan fingerprint density at radius 3 is 2.83 bits per heavy atom. The molecule has 1 N–H and O–H groups in total. The zero-order chi connectivity index (χ0) is 15.6. The van der Waals surface area contributed by atoms with Gasteiger partial charge in [-0.3, -0.25) is 9.69 Å². The molecule has 2 aliphatic rings. The number of fused-ring (bicyclic) bond motifs is 1. The zero-order valence-corrected chi connectivity index (χ0v) is 13.1. The van der Waals surface area contributed by atoms with E-state index in [-0.39, 0.29) is 11.9 Å². The monoisotopic (exact) mass is 311 g/mol. The molecule has 1 aliphatic heterocycles. The Morgan fingerprint density at radius 2 is 2.04 bits per heavy atom. The van der Waals surface area contributed by atoms with Crippen LogP contribution in [0, 0.1) is 0 Å². The van der Waals surface area contributed by atoms with Crippen LogP contribution in [0.3, 0.4) is 0 Å². The highest BCUT2D eigenvalue weighted by atomic mass is 16.5. The second-order valence-corrected chi connectivity index (χ2v) is 6.38. The van der Waals surface area contributed by atoms with E-state index in [4.69, 9.17) is 4.52 Å². The lowest BCUT2D eigenvalue weighted by atomic mass is 9.83. The number of amides is 1. The molecule has 4 rings (SSSR count). The van der Waals surface area contributed by atoms with Crippen molar-refractivity contribution in [3.63, 3.8) is 0 Å². The van der Waals surface area contributed by atoms with Crippen LogP contribution >= 0.6 is 0 Å². The van der Waals surface area contributed by atoms with E-state index in [0.29, 0.717) is 11.7 Å². The van der Waals surface area contributed by atoms with Gasteiger partial charge in [0.1, 0.15) is 6.26 Å². The summed E-state index contributed by atoms with van der Waals surface area (Å²) in [4.78, 5) is 15.0. The lowest BCUT2D eigenvalue weighted by Gasteiger charge is -2.39. The Kier molecular flexibility index (Phi) is 3.87. The fraction of sp³-hybridized carbons (Fsp3) is 0.444. The highest BCUT2D eigenvalue weighted by Crippen LogP contribution is 2.34. The molecule has 5 nitrogen and oxygen atoms in total. The Bertz CT molecular complexity index is 677. The number of benzene rings is 1. The van der Waals surface area contributed by atoms with Crippen molar-refractivity contribution in [1.29, 1.82) is 0 Å². The SMILES string of the molecule is O=C(N[C@H]1c2ccccc2CC[C@@H]1N1CCCC1)c1ccon1. The van der Waals surface area contributed by atoms with Crippen molar-refractivity contribution in [1.82, 2.24) is 15.4 Å². The number of hydrogen-bond acceptors (Lipinski definition) is 4. The first kappa shape index (κ1) is 14.5. The van der Waals surface area contributed by atoms with Gasteiger partial charge in [-0.15, -0.1) is 0 Å². The molecule has 2 heterocycles. The van der Waals surface area contributed by atoms with E-state index in [1.807, 2.05) is 0 Å². The molecule has 1 fully saturated rings. The number of hydrogen-bond donors (Lipinski definition) is 1. The molecular weight excluding hydrogens is 290 g/mol. The zero-order valence-electron chi connectivity index (χ0n) is 13.1. The number of rotatable bonds is 3.